The van der Waals surface area contributed by atoms with E-state index in [-0.39, 0.29) is 6.61 Å². The molecular weight excluding hydrogens is 268 g/mol. The summed E-state index contributed by atoms with van der Waals surface area (Å²) in [5.41, 5.74) is 1.12. The Morgan fingerprint density at radius 3 is 2.95 bits per heavy atom. The predicted octanol–water partition coefficient (Wildman–Crippen LogP) is 2.01. The molecule has 20 heavy (non-hydrogen) atoms. The zero-order valence-corrected chi connectivity index (χ0v) is 13.1. The molecule has 1 aliphatic heterocycles. The van der Waals surface area contributed by atoms with Crippen LogP contribution < -0.4 is 0 Å². The van der Waals surface area contributed by atoms with Gasteiger partial charge in [0.15, 0.2) is 0 Å². The fourth-order valence-corrected chi connectivity index (χ4v) is 3.34. The molecule has 0 aromatic carbocycles. The van der Waals surface area contributed by atoms with E-state index in [1.54, 1.807) is 11.3 Å². The maximum absolute atomic E-state index is 8.77. The van der Waals surface area contributed by atoms with Crippen LogP contribution in [-0.4, -0.2) is 54.7 Å². The Bertz CT molecular complexity index is 455. The van der Waals surface area contributed by atoms with E-state index in [0.29, 0.717) is 6.42 Å². The normalized spacial score (nSPS) is 15.6. The summed E-state index contributed by atoms with van der Waals surface area (Å²) in [4.78, 5) is 6.26. The van der Waals surface area contributed by atoms with Gasteiger partial charge in [0.25, 0.3) is 0 Å². The van der Waals surface area contributed by atoms with E-state index in [1.807, 2.05) is 0 Å². The number of nitrogens with zero attached hydrogens (tertiary/aromatic N) is 2. The number of likely N-dealkylation sites (N-methyl/N-ethyl adjacent to an activating group) is 1. The van der Waals surface area contributed by atoms with Crippen LogP contribution in [-0.2, 0) is 6.54 Å². The van der Waals surface area contributed by atoms with Crippen LogP contribution in [0.5, 0.6) is 0 Å². The third kappa shape index (κ3) is 4.92. The van der Waals surface area contributed by atoms with Gasteiger partial charge in [0.1, 0.15) is 0 Å². The molecule has 1 fully saturated rings. The van der Waals surface area contributed by atoms with Crippen molar-refractivity contribution in [2.24, 2.45) is 0 Å². The fraction of sp³-hybridized carbons (Fsp3) is 0.625. The lowest BCUT2D eigenvalue weighted by atomic mass is 10.2. The highest BCUT2D eigenvalue weighted by molar-refractivity contribution is 7.10. The molecule has 1 aromatic heterocycles. The summed E-state index contributed by atoms with van der Waals surface area (Å²) in [6.45, 7) is 5.93. The summed E-state index contributed by atoms with van der Waals surface area (Å²) >= 11 is 1.77. The van der Waals surface area contributed by atoms with Crippen LogP contribution in [0.4, 0.5) is 0 Å². The largest absolute Gasteiger partial charge is 0.395 e. The predicted molar refractivity (Wildman–Crippen MR) is 84.9 cm³/mol. The molecule has 0 bridgehead atoms. The van der Waals surface area contributed by atoms with E-state index in [4.69, 9.17) is 5.11 Å². The smallest absolute Gasteiger partial charge is 0.0540 e. The molecule has 0 unspecified atom stereocenters. The maximum Gasteiger partial charge on any atom is 0.0540 e. The Hall–Kier alpha value is -0.860. The molecule has 4 heteroatoms. The Labute approximate surface area is 126 Å². The van der Waals surface area contributed by atoms with Gasteiger partial charge in [-0.1, -0.05) is 11.8 Å². The van der Waals surface area contributed by atoms with E-state index < -0.39 is 0 Å². The quantitative estimate of drug-likeness (QED) is 0.813. The van der Waals surface area contributed by atoms with Crippen LogP contribution in [0.1, 0.15) is 29.7 Å². The topological polar surface area (TPSA) is 26.7 Å². The van der Waals surface area contributed by atoms with Gasteiger partial charge in [0.05, 0.1) is 6.61 Å². The van der Waals surface area contributed by atoms with Crippen LogP contribution >= 0.6 is 11.3 Å². The summed E-state index contributed by atoms with van der Waals surface area (Å²) in [6.07, 6.45) is 3.28. The molecule has 0 amide bonds. The van der Waals surface area contributed by atoms with Crippen LogP contribution in [0.3, 0.4) is 0 Å². The summed E-state index contributed by atoms with van der Waals surface area (Å²) in [5, 5.41) is 10.9. The Morgan fingerprint density at radius 1 is 1.40 bits per heavy atom. The molecule has 1 N–H and O–H groups in total. The molecule has 1 aromatic rings. The number of aliphatic hydroxyl groups is 1. The van der Waals surface area contributed by atoms with Crippen molar-refractivity contribution in [3.05, 3.63) is 21.9 Å². The molecule has 0 spiro atoms. The maximum atomic E-state index is 8.77. The molecular formula is C16H24N2OS. The van der Waals surface area contributed by atoms with Gasteiger partial charge >= 0.3 is 0 Å². The van der Waals surface area contributed by atoms with Gasteiger partial charge in [-0.15, -0.1) is 11.3 Å². The van der Waals surface area contributed by atoms with Crippen LogP contribution in [0.25, 0.3) is 0 Å². The first-order valence-corrected chi connectivity index (χ1v) is 8.24. The lowest BCUT2D eigenvalue weighted by Crippen LogP contribution is -2.31. The third-order valence-electron chi connectivity index (χ3n) is 3.62. The highest BCUT2D eigenvalue weighted by Crippen LogP contribution is 2.17. The van der Waals surface area contributed by atoms with Gasteiger partial charge in [-0.05, 0) is 44.4 Å². The monoisotopic (exact) mass is 292 g/mol. The average molecular weight is 292 g/mol. The molecule has 1 saturated heterocycles. The van der Waals surface area contributed by atoms with Crippen molar-refractivity contribution in [3.63, 3.8) is 0 Å². The molecule has 0 radical (unpaired) electrons. The van der Waals surface area contributed by atoms with Crippen LogP contribution in [0.15, 0.2) is 11.4 Å². The molecule has 110 valence electrons. The van der Waals surface area contributed by atoms with Crippen molar-refractivity contribution in [3.8, 4) is 11.8 Å². The molecule has 2 heterocycles. The zero-order valence-electron chi connectivity index (χ0n) is 12.3. The average Bonchev–Trinajstić information content (AvgIpc) is 3.09. The zero-order chi connectivity index (χ0) is 14.2. The number of thiophene rings is 1. The van der Waals surface area contributed by atoms with E-state index in [2.05, 4.69) is 40.1 Å². The van der Waals surface area contributed by atoms with Crippen molar-refractivity contribution in [1.82, 2.24) is 9.80 Å². The van der Waals surface area contributed by atoms with Gasteiger partial charge in [-0.3, -0.25) is 4.90 Å². The SMILES string of the molecule is CN(CCN1CCCC1)Cc1sccc1C#CCCO. The molecule has 0 aliphatic carbocycles. The summed E-state index contributed by atoms with van der Waals surface area (Å²) in [5.74, 6) is 6.17. The highest BCUT2D eigenvalue weighted by Gasteiger charge is 2.12. The minimum atomic E-state index is 0.141. The molecule has 3 nitrogen and oxygen atoms in total. The first-order valence-electron chi connectivity index (χ1n) is 7.36. The Kier molecular flexibility index (Phi) is 6.55. The second-order valence-corrected chi connectivity index (χ2v) is 6.32. The van der Waals surface area contributed by atoms with Crippen molar-refractivity contribution in [2.75, 3.05) is 39.8 Å². The van der Waals surface area contributed by atoms with Crippen LogP contribution in [0, 0.1) is 11.8 Å². The van der Waals surface area contributed by atoms with Gasteiger partial charge in [0.2, 0.25) is 0 Å². The number of rotatable bonds is 6. The molecule has 0 atom stereocenters. The summed E-state index contributed by atoms with van der Waals surface area (Å²) in [6, 6.07) is 2.08. The van der Waals surface area contributed by atoms with Crippen LogP contribution in [0.2, 0.25) is 0 Å². The van der Waals surface area contributed by atoms with Gasteiger partial charge in [-0.25, -0.2) is 0 Å². The third-order valence-corrected chi connectivity index (χ3v) is 4.52. The van der Waals surface area contributed by atoms with E-state index in [1.165, 1.54) is 37.4 Å². The minimum absolute atomic E-state index is 0.141. The van der Waals surface area contributed by atoms with Crippen molar-refractivity contribution in [2.45, 2.75) is 25.8 Å². The minimum Gasteiger partial charge on any atom is -0.395 e. The number of likely N-dealkylation sites (tertiary alicyclic amines) is 1. The standard InChI is InChI=1S/C16H24N2OS/c1-17(10-11-18-8-3-4-9-18)14-16-15(7-13-20-16)6-2-5-12-19/h7,13,19H,3-5,8-12,14H2,1H3. The number of hydrogen-bond acceptors (Lipinski definition) is 4. The Morgan fingerprint density at radius 2 is 2.20 bits per heavy atom. The van der Waals surface area contributed by atoms with Gasteiger partial charge < -0.3 is 10.0 Å². The number of aliphatic hydroxyl groups excluding tert-OH is 1. The van der Waals surface area contributed by atoms with Crippen molar-refractivity contribution >= 4 is 11.3 Å². The lowest BCUT2D eigenvalue weighted by molar-refractivity contribution is 0.253. The molecule has 0 saturated carbocycles. The second kappa shape index (κ2) is 8.43. The first kappa shape index (κ1) is 15.5. The second-order valence-electron chi connectivity index (χ2n) is 5.32. The summed E-state index contributed by atoms with van der Waals surface area (Å²) < 4.78 is 0. The molecule has 1 aliphatic rings. The van der Waals surface area contributed by atoms with E-state index in [9.17, 15) is 0 Å². The first-order chi connectivity index (χ1) is 9.79. The van der Waals surface area contributed by atoms with E-state index >= 15 is 0 Å². The number of hydrogen-bond donors (Lipinski definition) is 1. The van der Waals surface area contributed by atoms with Crippen molar-refractivity contribution < 1.29 is 5.11 Å². The Balaban J connectivity index is 1.80. The lowest BCUT2D eigenvalue weighted by Gasteiger charge is -2.20. The molecule has 2 rings (SSSR count). The highest BCUT2D eigenvalue weighted by atomic mass is 32.1. The van der Waals surface area contributed by atoms with Gasteiger partial charge in [-0.2, -0.15) is 0 Å². The fourth-order valence-electron chi connectivity index (χ4n) is 2.43. The van der Waals surface area contributed by atoms with Gasteiger partial charge in [0, 0.05) is 36.5 Å². The van der Waals surface area contributed by atoms with Crippen molar-refractivity contribution in [1.29, 1.82) is 0 Å². The van der Waals surface area contributed by atoms with E-state index in [0.717, 1.165) is 18.7 Å². The summed E-state index contributed by atoms with van der Waals surface area (Å²) in [7, 11) is 2.18.